The molecule has 0 aliphatic carbocycles. The monoisotopic (exact) mass is 292 g/mol. The summed E-state index contributed by atoms with van der Waals surface area (Å²) in [6.07, 6.45) is 8.55. The lowest BCUT2D eigenvalue weighted by atomic mass is 10.1. The minimum absolute atomic E-state index is 0.343. The van der Waals surface area contributed by atoms with Gasteiger partial charge in [-0.1, -0.05) is 44.7 Å². The minimum atomic E-state index is -0.873. The number of rotatable bonds is 11. The van der Waals surface area contributed by atoms with Crippen LogP contribution in [0.5, 0.6) is 0 Å². The van der Waals surface area contributed by atoms with Crippen molar-refractivity contribution in [2.24, 2.45) is 0 Å². The van der Waals surface area contributed by atoms with Gasteiger partial charge in [0.25, 0.3) is 0 Å². The Kier molecular flexibility index (Phi) is 8.76. The lowest BCUT2D eigenvalue weighted by Crippen LogP contribution is -2.09. The lowest BCUT2D eigenvalue weighted by Gasteiger charge is -2.12. The molecular formula is C18H28O3. The van der Waals surface area contributed by atoms with Crippen molar-refractivity contribution in [2.45, 2.75) is 64.9 Å². The Morgan fingerprint density at radius 1 is 1.14 bits per heavy atom. The van der Waals surface area contributed by atoms with E-state index in [-0.39, 0.29) is 0 Å². The molecule has 0 bridgehead atoms. The van der Waals surface area contributed by atoms with Crippen molar-refractivity contribution in [3.8, 4) is 0 Å². The smallest absolute Gasteiger partial charge is 0.335 e. The molecule has 0 aromatic heterocycles. The van der Waals surface area contributed by atoms with Gasteiger partial charge in [0.2, 0.25) is 0 Å². The van der Waals surface area contributed by atoms with E-state index in [9.17, 15) is 4.79 Å². The fourth-order valence-corrected chi connectivity index (χ4v) is 2.32. The Bertz CT molecular complexity index is 397. The highest BCUT2D eigenvalue weighted by atomic mass is 16.5. The van der Waals surface area contributed by atoms with E-state index in [0.717, 1.165) is 25.9 Å². The number of hydrogen-bond donors (Lipinski definition) is 1. The Hall–Kier alpha value is -1.35. The van der Waals surface area contributed by atoms with E-state index in [1.54, 1.807) is 12.1 Å². The number of aryl methyl sites for hydroxylation is 1. The van der Waals surface area contributed by atoms with Crippen molar-refractivity contribution in [3.63, 3.8) is 0 Å². The molecular weight excluding hydrogens is 264 g/mol. The van der Waals surface area contributed by atoms with Gasteiger partial charge in [-0.2, -0.15) is 0 Å². The quantitative estimate of drug-likeness (QED) is 0.602. The van der Waals surface area contributed by atoms with Gasteiger partial charge >= 0.3 is 5.97 Å². The molecule has 0 amide bonds. The van der Waals surface area contributed by atoms with Crippen molar-refractivity contribution in [3.05, 3.63) is 35.4 Å². The highest BCUT2D eigenvalue weighted by molar-refractivity contribution is 5.87. The first-order valence-electron chi connectivity index (χ1n) is 8.07. The molecule has 1 aromatic rings. The number of benzene rings is 1. The minimum Gasteiger partial charge on any atom is -0.478 e. The second kappa shape index (κ2) is 10.4. The summed E-state index contributed by atoms with van der Waals surface area (Å²) in [6.45, 7) is 5.14. The molecule has 0 radical (unpaired) electrons. The SMILES string of the molecule is CCCCCC[C@H](C)OCCCc1ccc(C(=O)O)cc1. The van der Waals surface area contributed by atoms with E-state index in [1.165, 1.54) is 31.2 Å². The van der Waals surface area contributed by atoms with Crippen LogP contribution in [0.3, 0.4) is 0 Å². The van der Waals surface area contributed by atoms with E-state index >= 15 is 0 Å². The van der Waals surface area contributed by atoms with Gasteiger partial charge in [0.05, 0.1) is 11.7 Å². The fraction of sp³-hybridized carbons (Fsp3) is 0.611. The molecule has 1 N–H and O–H groups in total. The molecule has 0 spiro atoms. The molecule has 0 unspecified atom stereocenters. The number of carboxylic acids is 1. The molecule has 1 aromatic carbocycles. The second-order valence-corrected chi connectivity index (χ2v) is 5.64. The van der Waals surface area contributed by atoms with E-state index in [4.69, 9.17) is 9.84 Å². The van der Waals surface area contributed by atoms with E-state index in [1.807, 2.05) is 12.1 Å². The number of aromatic carboxylic acids is 1. The van der Waals surface area contributed by atoms with Crippen LogP contribution in [0.25, 0.3) is 0 Å². The molecule has 0 aliphatic rings. The van der Waals surface area contributed by atoms with Crippen LogP contribution < -0.4 is 0 Å². The highest BCUT2D eigenvalue weighted by Gasteiger charge is 2.03. The first-order valence-corrected chi connectivity index (χ1v) is 8.07. The van der Waals surface area contributed by atoms with Gasteiger partial charge in [-0.05, 0) is 43.9 Å². The van der Waals surface area contributed by atoms with Crippen molar-refractivity contribution in [2.75, 3.05) is 6.61 Å². The maximum absolute atomic E-state index is 10.8. The van der Waals surface area contributed by atoms with Gasteiger partial charge in [-0.15, -0.1) is 0 Å². The first-order chi connectivity index (χ1) is 10.1. The Labute approximate surface area is 128 Å². The van der Waals surface area contributed by atoms with Gasteiger partial charge in [-0.25, -0.2) is 4.79 Å². The summed E-state index contributed by atoms with van der Waals surface area (Å²) in [7, 11) is 0. The van der Waals surface area contributed by atoms with Crippen LogP contribution in [0.2, 0.25) is 0 Å². The van der Waals surface area contributed by atoms with Gasteiger partial charge in [0.1, 0.15) is 0 Å². The third-order valence-corrected chi connectivity index (χ3v) is 3.68. The summed E-state index contributed by atoms with van der Waals surface area (Å²) in [5.74, 6) is -0.873. The molecule has 118 valence electrons. The number of carboxylic acid groups (broad SMARTS) is 1. The topological polar surface area (TPSA) is 46.5 Å². The van der Waals surface area contributed by atoms with Crippen LogP contribution in [0, 0.1) is 0 Å². The van der Waals surface area contributed by atoms with E-state index < -0.39 is 5.97 Å². The molecule has 0 aliphatic heterocycles. The zero-order valence-electron chi connectivity index (χ0n) is 13.3. The maximum atomic E-state index is 10.8. The first kappa shape index (κ1) is 17.7. The predicted octanol–water partition coefficient (Wildman–Crippen LogP) is 4.69. The van der Waals surface area contributed by atoms with Crippen molar-refractivity contribution in [1.29, 1.82) is 0 Å². The molecule has 21 heavy (non-hydrogen) atoms. The van der Waals surface area contributed by atoms with Crippen molar-refractivity contribution in [1.82, 2.24) is 0 Å². The van der Waals surface area contributed by atoms with Crippen LogP contribution in [0.4, 0.5) is 0 Å². The van der Waals surface area contributed by atoms with E-state index in [2.05, 4.69) is 13.8 Å². The summed E-state index contributed by atoms with van der Waals surface area (Å²) in [6, 6.07) is 7.10. The van der Waals surface area contributed by atoms with Crippen LogP contribution in [-0.4, -0.2) is 23.8 Å². The molecule has 0 heterocycles. The summed E-state index contributed by atoms with van der Waals surface area (Å²) in [5.41, 5.74) is 1.51. The molecule has 0 saturated carbocycles. The number of unbranched alkanes of at least 4 members (excludes halogenated alkanes) is 3. The molecule has 3 nitrogen and oxygen atoms in total. The van der Waals surface area contributed by atoms with Gasteiger partial charge < -0.3 is 9.84 Å². The normalized spacial score (nSPS) is 12.3. The van der Waals surface area contributed by atoms with Crippen molar-refractivity contribution < 1.29 is 14.6 Å². The zero-order chi connectivity index (χ0) is 15.5. The van der Waals surface area contributed by atoms with Gasteiger partial charge in [0, 0.05) is 6.61 Å². The maximum Gasteiger partial charge on any atom is 0.335 e. The van der Waals surface area contributed by atoms with Crippen LogP contribution in [0.15, 0.2) is 24.3 Å². The van der Waals surface area contributed by atoms with Gasteiger partial charge in [-0.3, -0.25) is 0 Å². The third kappa shape index (κ3) is 7.86. The molecule has 1 rings (SSSR count). The van der Waals surface area contributed by atoms with Crippen molar-refractivity contribution >= 4 is 5.97 Å². The molecule has 3 heteroatoms. The average Bonchev–Trinajstić information content (AvgIpc) is 2.48. The van der Waals surface area contributed by atoms with Crippen LogP contribution in [0.1, 0.15) is 68.3 Å². The summed E-state index contributed by atoms with van der Waals surface area (Å²) < 4.78 is 5.81. The lowest BCUT2D eigenvalue weighted by molar-refractivity contribution is 0.0570. The number of carbonyl (C=O) groups is 1. The average molecular weight is 292 g/mol. The number of ether oxygens (including phenoxy) is 1. The second-order valence-electron chi connectivity index (χ2n) is 5.64. The Morgan fingerprint density at radius 2 is 1.86 bits per heavy atom. The number of hydrogen-bond acceptors (Lipinski definition) is 2. The molecule has 0 saturated heterocycles. The highest BCUT2D eigenvalue weighted by Crippen LogP contribution is 2.10. The fourth-order valence-electron chi connectivity index (χ4n) is 2.32. The summed E-state index contributed by atoms with van der Waals surface area (Å²) >= 11 is 0. The zero-order valence-corrected chi connectivity index (χ0v) is 13.3. The van der Waals surface area contributed by atoms with Gasteiger partial charge in [0.15, 0.2) is 0 Å². The molecule has 0 fully saturated rings. The largest absolute Gasteiger partial charge is 0.478 e. The standard InChI is InChI=1S/C18H28O3/c1-3-4-5-6-8-15(2)21-14-7-9-16-10-12-17(13-11-16)18(19)20/h10-13,15H,3-9,14H2,1-2H3,(H,19,20)/t15-/m0/s1. The summed E-state index contributed by atoms with van der Waals surface area (Å²) in [5, 5.41) is 8.84. The Balaban J connectivity index is 2.11. The van der Waals surface area contributed by atoms with Crippen LogP contribution >= 0.6 is 0 Å². The predicted molar refractivity (Wildman–Crippen MR) is 85.9 cm³/mol. The molecule has 1 atom stereocenters. The Morgan fingerprint density at radius 3 is 2.48 bits per heavy atom. The summed E-state index contributed by atoms with van der Waals surface area (Å²) in [4.78, 5) is 10.8. The van der Waals surface area contributed by atoms with E-state index in [0.29, 0.717) is 11.7 Å². The van der Waals surface area contributed by atoms with Crippen LogP contribution in [-0.2, 0) is 11.2 Å². The third-order valence-electron chi connectivity index (χ3n) is 3.68.